The van der Waals surface area contributed by atoms with E-state index >= 15 is 0 Å². The zero-order valence-corrected chi connectivity index (χ0v) is 69.7. The number of imide groups is 2. The second-order valence-electron chi connectivity index (χ2n) is 29.2. The van der Waals surface area contributed by atoms with Gasteiger partial charge >= 0.3 is 48.4 Å². The van der Waals surface area contributed by atoms with Crippen molar-refractivity contribution in [1.29, 1.82) is 5.16 Å². The number of nitrogens with zero attached hydrogens (tertiary/aromatic N) is 4. The standard InChI is InChI=1S/C28H36N2O7.C20H18F3N3O6.C19H18BrNO4.C8H18N2O3.C2HF3O.CH4.ClH.H2NP/c1-27(2,3)36-22(31)14-12-20-24(32)18-10-8-9-17-21(13-11-19(23(17)18)25(20)33)30(7)15-16-35-29-26(34)37-28(4,5)6;1-25(9-10-32-24-19(31)20(21,22)23)14-6-5-13-16-11(14)3-2-4-12(16)17(29)26(18(13)30)8-7-15(27)28;1-19(2,3)25-15(22)9-10-21-17(23)12-6-4-5-11-14(20)8-7-13(16(11)12)18(21)24;1-8(2,3)13-7(11)10-12-6-5-9-4;3-2(4,5)1-6;;;1-2/h8-11,13,20H,12,14-16H2,1-7H3,(H,29,34);2-6H,7-10H2,1H3,(H,24,31)(H,27,28);4-8H,9-10H2,1-3H3;9H,5-6H2,1-4H3,(H,10,11);1H;1H4;1H;1-2H. The van der Waals surface area contributed by atoms with Gasteiger partial charge in [0.2, 0.25) is 6.29 Å². The summed E-state index contributed by atoms with van der Waals surface area (Å²) in [5, 5.41) is 21.1. The number of benzene rings is 6. The highest BCUT2D eigenvalue weighted by molar-refractivity contribution is 9.10. The summed E-state index contributed by atoms with van der Waals surface area (Å²) in [6, 6.07) is 25.7. The third-order valence-corrected chi connectivity index (χ3v) is 16.3. The monoisotopic (exact) mass is 1760 g/mol. The number of carbonyl (C=O) groups is 13. The summed E-state index contributed by atoms with van der Waals surface area (Å²) in [6.07, 6.45) is -12.3. The molecule has 2 aliphatic heterocycles. The molecule has 117 heavy (non-hydrogen) atoms. The van der Waals surface area contributed by atoms with Crippen LogP contribution < -0.4 is 31.6 Å². The average molecular weight is 1760 g/mol. The molecule has 9 rings (SSSR count). The van der Waals surface area contributed by atoms with Crippen molar-refractivity contribution in [2.24, 2.45) is 5.92 Å². The number of nitrogens with one attached hydrogen (secondary N) is 5. The highest BCUT2D eigenvalue weighted by Crippen LogP contribution is 2.40. The number of ketones is 2. The van der Waals surface area contributed by atoms with Crippen molar-refractivity contribution in [3.8, 4) is 0 Å². The number of likely N-dealkylation sites (N-methyl/N-ethyl adjacent to an activating group) is 3. The van der Waals surface area contributed by atoms with Crippen LogP contribution in [0.5, 0.6) is 0 Å². The molecular weight excluding hydrogens is 1660 g/mol. The molecule has 642 valence electrons. The SMILES string of the molecule is C.CC(C)(C)OC(=O)CCN1C(=O)c2cccc3c(Br)ccc(c23)C1=O.CN(CCONC(=O)C(F)(F)F)c1ccc2c3c(cccc13)C(=O)N(CCC(=O)O)C2=O.CN(CCONC(=O)OC(C)(C)C)c1ccc2c3c(cccc13)C(=O)C(CCC(=O)OC(C)(C)C)C2=O.CNCCONC(=O)OC(C)(C)C.Cl.N=P.O=CC(F)(F)F. The first kappa shape index (κ1) is 103. The summed E-state index contributed by atoms with van der Waals surface area (Å²) >= 11 is 3.45. The molecule has 30 nitrogen and oxygen atoms in total. The molecular formula is C78H98BrClF6N9O21P. The number of hydrogen-bond donors (Lipinski definition) is 6. The predicted octanol–water partition coefficient (Wildman–Crippen LogP) is 14.1. The summed E-state index contributed by atoms with van der Waals surface area (Å²) in [6.45, 7) is 22.6. The van der Waals surface area contributed by atoms with Crippen LogP contribution in [0, 0.1) is 11.1 Å². The maximum absolute atomic E-state index is 13.3. The number of hydrogen-bond acceptors (Lipinski definition) is 24. The summed E-state index contributed by atoms with van der Waals surface area (Å²) in [5.41, 5.74) is 7.16. The quantitative estimate of drug-likeness (QED) is 0.00399. The molecule has 0 aromatic heterocycles. The molecule has 2 heterocycles. The van der Waals surface area contributed by atoms with Crippen LogP contribution in [0.15, 0.2) is 95.5 Å². The normalized spacial score (nSPS) is 13.4. The van der Waals surface area contributed by atoms with Crippen molar-refractivity contribution in [3.05, 3.63) is 129 Å². The second kappa shape index (κ2) is 44.9. The van der Waals surface area contributed by atoms with Gasteiger partial charge in [0.05, 0.1) is 38.6 Å². The zero-order valence-electron chi connectivity index (χ0n) is 66.3. The van der Waals surface area contributed by atoms with Crippen LogP contribution in [-0.2, 0) is 57.4 Å². The molecule has 0 radical (unpaired) electrons. The molecule has 0 bridgehead atoms. The third-order valence-electron chi connectivity index (χ3n) is 15.7. The lowest BCUT2D eigenvalue weighted by atomic mass is 9.77. The largest absolute Gasteiger partial charge is 0.481 e. The van der Waals surface area contributed by atoms with Crippen LogP contribution in [0.2, 0.25) is 0 Å². The summed E-state index contributed by atoms with van der Waals surface area (Å²) in [4.78, 5) is 175. The number of hydroxylamine groups is 3. The number of halogens is 8. The Morgan fingerprint density at radius 2 is 0.855 bits per heavy atom. The summed E-state index contributed by atoms with van der Waals surface area (Å²) in [7, 11) is 7.51. The number of ether oxygens (including phenoxy) is 4. The topological polar surface area (TPSA) is 392 Å². The molecule has 0 spiro atoms. The van der Waals surface area contributed by atoms with Crippen LogP contribution in [0.1, 0.15) is 178 Å². The van der Waals surface area contributed by atoms with Crippen molar-refractivity contribution in [1.82, 2.24) is 31.6 Å². The Balaban J connectivity index is 0.000000531. The number of rotatable bonds is 23. The molecule has 0 saturated heterocycles. The number of aldehydes is 1. The van der Waals surface area contributed by atoms with Gasteiger partial charge in [-0.05, 0) is 160 Å². The van der Waals surface area contributed by atoms with E-state index in [9.17, 15) is 83.9 Å². The van der Waals surface area contributed by atoms with Gasteiger partial charge in [-0.2, -0.15) is 37.3 Å². The van der Waals surface area contributed by atoms with E-state index in [-0.39, 0.29) is 113 Å². The number of carbonyl (C=O) groups excluding carboxylic acids is 12. The van der Waals surface area contributed by atoms with E-state index in [2.05, 4.69) is 46.1 Å². The Bertz CT molecular complexity index is 4520. The maximum atomic E-state index is 13.3. The maximum Gasteiger partial charge on any atom is 0.473 e. The van der Waals surface area contributed by atoms with Crippen LogP contribution in [-0.4, -0.2) is 201 Å². The van der Waals surface area contributed by atoms with Gasteiger partial charge in [0.25, 0.3) is 23.6 Å². The van der Waals surface area contributed by atoms with Gasteiger partial charge in [0, 0.05) is 129 Å². The number of Topliss-reactive ketones (excluding diaryl/α,β-unsaturated/α-hetero) is 2. The lowest BCUT2D eigenvalue weighted by Crippen LogP contribution is -2.42. The predicted molar refractivity (Wildman–Crippen MR) is 429 cm³/mol. The van der Waals surface area contributed by atoms with Gasteiger partial charge in [0.15, 0.2) is 11.6 Å². The Morgan fingerprint density at radius 3 is 1.26 bits per heavy atom. The minimum atomic E-state index is -5.06. The first-order valence-electron chi connectivity index (χ1n) is 35.2. The number of aliphatic carboxylic acids is 1. The van der Waals surface area contributed by atoms with Gasteiger partial charge in [0.1, 0.15) is 22.4 Å². The number of esters is 2. The van der Waals surface area contributed by atoms with E-state index < -0.39 is 94.8 Å². The van der Waals surface area contributed by atoms with Gasteiger partial charge in [-0.3, -0.25) is 82.2 Å². The fraction of sp³-hybridized carbons (Fsp3) is 0.449. The molecule has 0 saturated carbocycles. The van der Waals surface area contributed by atoms with E-state index in [0.29, 0.717) is 69.2 Å². The molecule has 1 unspecified atom stereocenters. The van der Waals surface area contributed by atoms with Crippen LogP contribution in [0.4, 0.5) is 47.3 Å². The molecule has 3 aliphatic rings. The van der Waals surface area contributed by atoms with Crippen LogP contribution in [0.25, 0.3) is 32.3 Å². The van der Waals surface area contributed by atoms with E-state index in [1.807, 2.05) is 30.1 Å². The number of amides is 7. The van der Waals surface area contributed by atoms with Crippen LogP contribution >= 0.6 is 37.4 Å². The van der Waals surface area contributed by atoms with Crippen LogP contribution in [0.3, 0.4) is 0 Å². The van der Waals surface area contributed by atoms with Crippen molar-refractivity contribution in [2.45, 2.75) is 151 Å². The van der Waals surface area contributed by atoms with E-state index in [1.54, 1.807) is 163 Å². The Labute approximate surface area is 688 Å². The van der Waals surface area contributed by atoms with E-state index in [1.165, 1.54) is 17.6 Å². The second-order valence-corrected chi connectivity index (χ2v) is 30.1. The highest BCUT2D eigenvalue weighted by atomic mass is 79.9. The summed E-state index contributed by atoms with van der Waals surface area (Å²) in [5.74, 6) is -7.68. The van der Waals surface area contributed by atoms with Crippen molar-refractivity contribution >= 4 is 159 Å². The molecule has 1 atom stereocenters. The van der Waals surface area contributed by atoms with Crippen molar-refractivity contribution < 1.29 is 127 Å². The molecule has 0 fully saturated rings. The first-order chi connectivity index (χ1) is 53.4. The summed E-state index contributed by atoms with van der Waals surface area (Å²) < 4.78 is 89.3. The third kappa shape index (κ3) is 31.3. The smallest absolute Gasteiger partial charge is 0.473 e. The van der Waals surface area contributed by atoms with Gasteiger partial charge < -0.3 is 39.2 Å². The lowest BCUT2D eigenvalue weighted by Gasteiger charge is -2.29. The number of anilines is 2. The number of alkyl halides is 6. The van der Waals surface area contributed by atoms with Gasteiger partial charge in [-0.25, -0.2) is 15.1 Å². The van der Waals surface area contributed by atoms with Gasteiger partial charge in [-0.1, -0.05) is 65.8 Å². The molecule has 39 heteroatoms. The fourth-order valence-corrected chi connectivity index (χ4v) is 11.5. The Hall–Kier alpha value is -10.3. The molecule has 6 aromatic rings. The molecule has 6 aromatic carbocycles. The first-order valence-corrected chi connectivity index (χ1v) is 36.5. The molecule has 7 amide bonds. The lowest BCUT2D eigenvalue weighted by molar-refractivity contribution is -0.185. The zero-order chi connectivity index (χ0) is 87.1. The molecule has 1 aliphatic carbocycles. The minimum absolute atomic E-state index is 0. The average Bonchev–Trinajstić information content (AvgIpc) is 0.751. The van der Waals surface area contributed by atoms with E-state index in [0.717, 1.165) is 30.7 Å². The van der Waals surface area contributed by atoms with Crippen molar-refractivity contribution in [3.63, 3.8) is 0 Å². The number of carboxylic acid groups (broad SMARTS) is 1. The highest BCUT2D eigenvalue weighted by Gasteiger charge is 2.41. The minimum Gasteiger partial charge on any atom is -0.481 e. The molecule has 6 N–H and O–H groups in total. The Kier molecular flexibility index (Phi) is 39.4. The van der Waals surface area contributed by atoms with E-state index in [4.69, 9.17) is 43.7 Å². The number of carboxylic acids is 1. The van der Waals surface area contributed by atoms with Gasteiger partial charge in [-0.15, -0.1) is 12.4 Å². The fourth-order valence-electron chi connectivity index (χ4n) is 11.1. The Morgan fingerprint density at radius 1 is 0.513 bits per heavy atom. The van der Waals surface area contributed by atoms with Crippen molar-refractivity contribution in [2.75, 3.05) is 83.5 Å².